The number of thiophene rings is 1. The van der Waals surface area contributed by atoms with Gasteiger partial charge in [0.1, 0.15) is 0 Å². The van der Waals surface area contributed by atoms with Crippen molar-refractivity contribution in [2.75, 3.05) is 14.1 Å². The fraction of sp³-hybridized carbons (Fsp3) is 0.188. The number of benzene rings is 2. The maximum atomic E-state index is 12.3. The van der Waals surface area contributed by atoms with Crippen LogP contribution in [0.1, 0.15) is 5.56 Å². The molecule has 3 aromatic rings. The van der Waals surface area contributed by atoms with Crippen molar-refractivity contribution >= 4 is 47.5 Å². The van der Waals surface area contributed by atoms with Gasteiger partial charge in [-0.15, -0.1) is 11.3 Å². The number of rotatable bonds is 4. The molecular weight excluding hydrogens is 334 g/mol. The van der Waals surface area contributed by atoms with Gasteiger partial charge in [-0.1, -0.05) is 12.1 Å². The van der Waals surface area contributed by atoms with Crippen LogP contribution >= 0.6 is 11.3 Å². The van der Waals surface area contributed by atoms with Crippen molar-refractivity contribution in [2.45, 2.75) is 11.3 Å². The topological polar surface area (TPSA) is 74.7 Å². The van der Waals surface area contributed by atoms with Crippen LogP contribution in [0.15, 0.2) is 41.3 Å². The molecule has 0 saturated heterocycles. The van der Waals surface area contributed by atoms with Crippen molar-refractivity contribution in [1.82, 2.24) is 4.31 Å². The van der Waals surface area contributed by atoms with E-state index in [4.69, 9.17) is 5.11 Å². The predicted molar refractivity (Wildman–Crippen MR) is 91.5 cm³/mol. The number of hydrogen-bond donors (Lipinski definition) is 1. The highest BCUT2D eigenvalue weighted by atomic mass is 32.2. The van der Waals surface area contributed by atoms with E-state index >= 15 is 0 Å². The molecule has 0 unspecified atom stereocenters. The van der Waals surface area contributed by atoms with Crippen LogP contribution in [0.4, 0.5) is 0 Å². The zero-order valence-electron chi connectivity index (χ0n) is 12.6. The minimum Gasteiger partial charge on any atom is -0.481 e. The average molecular weight is 349 g/mol. The third-order valence-corrected chi connectivity index (χ3v) is 6.59. The summed E-state index contributed by atoms with van der Waals surface area (Å²) in [6, 6.07) is 10.6. The molecule has 0 spiro atoms. The van der Waals surface area contributed by atoms with Crippen LogP contribution in [0, 0.1) is 0 Å². The van der Waals surface area contributed by atoms with E-state index in [1.165, 1.54) is 29.7 Å². The van der Waals surface area contributed by atoms with Crippen molar-refractivity contribution in [3.8, 4) is 0 Å². The van der Waals surface area contributed by atoms with Crippen LogP contribution in [0.3, 0.4) is 0 Å². The molecule has 0 radical (unpaired) electrons. The molecule has 0 bridgehead atoms. The summed E-state index contributed by atoms with van der Waals surface area (Å²) in [5.41, 5.74) is 0.734. The molecule has 1 aromatic heterocycles. The Labute approximate surface area is 137 Å². The lowest BCUT2D eigenvalue weighted by atomic mass is 10.1. The van der Waals surface area contributed by atoms with E-state index in [0.717, 1.165) is 25.7 Å². The van der Waals surface area contributed by atoms with E-state index in [9.17, 15) is 13.2 Å². The minimum absolute atomic E-state index is 0.0234. The first-order valence-electron chi connectivity index (χ1n) is 6.88. The van der Waals surface area contributed by atoms with E-state index in [0.29, 0.717) is 0 Å². The molecule has 0 fully saturated rings. The van der Waals surface area contributed by atoms with Gasteiger partial charge in [0.15, 0.2) is 0 Å². The van der Waals surface area contributed by atoms with Crippen molar-refractivity contribution in [2.24, 2.45) is 0 Å². The maximum Gasteiger partial charge on any atom is 0.307 e. The van der Waals surface area contributed by atoms with Gasteiger partial charge >= 0.3 is 5.97 Å². The number of sulfonamides is 1. The summed E-state index contributed by atoms with van der Waals surface area (Å²) in [5, 5.41) is 10.7. The van der Waals surface area contributed by atoms with Crippen molar-refractivity contribution in [3.63, 3.8) is 0 Å². The lowest BCUT2D eigenvalue weighted by Gasteiger charge is -2.11. The van der Waals surface area contributed by atoms with Crippen LogP contribution in [-0.4, -0.2) is 37.9 Å². The number of nitrogens with zero attached hydrogens (tertiary/aromatic N) is 1. The number of carbonyl (C=O) groups is 1. The third kappa shape index (κ3) is 2.83. The van der Waals surface area contributed by atoms with E-state index in [-0.39, 0.29) is 11.3 Å². The Bertz CT molecular complexity index is 1020. The number of carboxylic acids is 1. The van der Waals surface area contributed by atoms with Gasteiger partial charge < -0.3 is 5.11 Å². The molecule has 7 heteroatoms. The van der Waals surface area contributed by atoms with Gasteiger partial charge in [-0.2, -0.15) is 0 Å². The van der Waals surface area contributed by atoms with Gasteiger partial charge in [-0.05, 0) is 29.8 Å². The number of fused-ring (bicyclic) bond motifs is 3. The van der Waals surface area contributed by atoms with Crippen LogP contribution in [-0.2, 0) is 21.2 Å². The first-order chi connectivity index (χ1) is 10.8. The van der Waals surface area contributed by atoms with E-state index in [1.807, 2.05) is 12.1 Å². The fourth-order valence-electron chi connectivity index (χ4n) is 2.46. The Morgan fingerprint density at radius 3 is 2.48 bits per heavy atom. The van der Waals surface area contributed by atoms with Crippen LogP contribution in [0.25, 0.3) is 20.2 Å². The molecule has 5 nitrogen and oxygen atoms in total. The van der Waals surface area contributed by atoms with Crippen molar-refractivity contribution < 1.29 is 18.3 Å². The molecule has 0 aliphatic carbocycles. The second-order valence-corrected chi connectivity index (χ2v) is 8.68. The smallest absolute Gasteiger partial charge is 0.307 e. The van der Waals surface area contributed by atoms with Crippen molar-refractivity contribution in [1.29, 1.82) is 0 Å². The molecular formula is C16H15NO4S2. The van der Waals surface area contributed by atoms with E-state index in [2.05, 4.69) is 0 Å². The Kier molecular flexibility index (Phi) is 3.87. The summed E-state index contributed by atoms with van der Waals surface area (Å²) in [5.74, 6) is -0.871. The molecule has 0 aliphatic rings. The maximum absolute atomic E-state index is 12.3. The SMILES string of the molecule is CN(C)S(=O)(=O)c1ccc2sc3cc(CC(=O)O)ccc3c2c1. The minimum atomic E-state index is -3.48. The molecule has 2 aromatic carbocycles. The molecule has 120 valence electrons. The quantitative estimate of drug-likeness (QED) is 0.786. The monoisotopic (exact) mass is 349 g/mol. The standard InChI is InChI=1S/C16H15NO4S2/c1-17(2)23(20,21)11-4-6-14-13(9-11)12-5-3-10(8-16(18)19)7-15(12)22-14/h3-7,9H,8H2,1-2H3,(H,18,19). The Balaban J connectivity index is 2.19. The van der Waals surface area contributed by atoms with Crippen LogP contribution in [0.2, 0.25) is 0 Å². The second kappa shape index (κ2) is 5.59. The third-order valence-electron chi connectivity index (χ3n) is 3.64. The Morgan fingerprint density at radius 2 is 1.83 bits per heavy atom. The van der Waals surface area contributed by atoms with E-state index in [1.54, 1.807) is 24.3 Å². The molecule has 0 saturated carbocycles. The number of aliphatic carboxylic acids is 1. The molecule has 0 aliphatic heterocycles. The average Bonchev–Trinajstić information content (AvgIpc) is 2.82. The molecule has 1 N–H and O–H groups in total. The Morgan fingerprint density at radius 1 is 1.09 bits per heavy atom. The summed E-state index contributed by atoms with van der Waals surface area (Å²) in [6.07, 6.45) is -0.0234. The molecule has 3 rings (SSSR count). The summed E-state index contributed by atoms with van der Waals surface area (Å²) in [4.78, 5) is 11.1. The van der Waals surface area contributed by atoms with Gasteiger partial charge in [-0.25, -0.2) is 12.7 Å². The highest BCUT2D eigenvalue weighted by Crippen LogP contribution is 2.36. The summed E-state index contributed by atoms with van der Waals surface area (Å²) in [7, 11) is -0.472. The zero-order valence-corrected chi connectivity index (χ0v) is 14.2. The lowest BCUT2D eigenvalue weighted by molar-refractivity contribution is -0.136. The van der Waals surface area contributed by atoms with Gasteiger partial charge in [-0.3, -0.25) is 4.79 Å². The lowest BCUT2D eigenvalue weighted by Crippen LogP contribution is -2.22. The number of hydrogen-bond acceptors (Lipinski definition) is 4. The summed E-state index contributed by atoms with van der Waals surface area (Å²) in [6.45, 7) is 0. The van der Waals surface area contributed by atoms with Crippen LogP contribution in [0.5, 0.6) is 0 Å². The zero-order chi connectivity index (χ0) is 16.8. The van der Waals surface area contributed by atoms with Crippen molar-refractivity contribution in [3.05, 3.63) is 42.0 Å². The first kappa shape index (κ1) is 15.9. The summed E-state index contributed by atoms with van der Waals surface area (Å²) < 4.78 is 27.7. The highest BCUT2D eigenvalue weighted by molar-refractivity contribution is 7.89. The number of carboxylic acid groups (broad SMARTS) is 1. The largest absolute Gasteiger partial charge is 0.481 e. The van der Waals surface area contributed by atoms with Gasteiger partial charge in [0, 0.05) is 34.3 Å². The summed E-state index contributed by atoms with van der Waals surface area (Å²) >= 11 is 1.53. The van der Waals surface area contributed by atoms with Gasteiger partial charge in [0.25, 0.3) is 0 Å². The van der Waals surface area contributed by atoms with E-state index < -0.39 is 16.0 Å². The van der Waals surface area contributed by atoms with Gasteiger partial charge in [0.2, 0.25) is 10.0 Å². The van der Waals surface area contributed by atoms with Gasteiger partial charge in [0.05, 0.1) is 11.3 Å². The molecule has 0 atom stereocenters. The fourth-order valence-corrected chi connectivity index (χ4v) is 4.54. The second-order valence-electron chi connectivity index (χ2n) is 5.45. The first-order valence-corrected chi connectivity index (χ1v) is 9.14. The molecule has 0 amide bonds. The molecule has 23 heavy (non-hydrogen) atoms. The Hall–Kier alpha value is -1.96. The van der Waals surface area contributed by atoms with Crippen LogP contribution < -0.4 is 0 Å². The normalized spacial score (nSPS) is 12.3. The highest BCUT2D eigenvalue weighted by Gasteiger charge is 2.18. The molecule has 1 heterocycles. The predicted octanol–water partition coefficient (Wildman–Crippen LogP) is 2.93.